The number of aromatic amines is 2. The van der Waals surface area contributed by atoms with Gasteiger partial charge in [-0.05, 0) is 6.42 Å². The number of hydrogen-bond donors (Lipinski definition) is 2. The molecule has 0 saturated carbocycles. The average molecular weight is 364 g/mol. The molecule has 3 heterocycles. The zero-order chi connectivity index (χ0) is 19.0. The smallest absolute Gasteiger partial charge is 0.272 e. The Morgan fingerprint density at radius 3 is 2.59 bits per heavy atom. The van der Waals surface area contributed by atoms with Gasteiger partial charge in [-0.3, -0.25) is 19.8 Å². The Labute approximate surface area is 155 Å². The number of carbonyl (C=O) groups is 1. The molecule has 8 nitrogen and oxygen atoms in total. The van der Waals surface area contributed by atoms with Gasteiger partial charge in [0.05, 0.1) is 12.2 Å². The summed E-state index contributed by atoms with van der Waals surface area (Å²) in [4.78, 5) is 37.2. The number of amides is 1. The van der Waals surface area contributed by atoms with Crippen LogP contribution in [-0.4, -0.2) is 51.6 Å². The third kappa shape index (κ3) is 3.21. The maximum atomic E-state index is 12.7. The summed E-state index contributed by atoms with van der Waals surface area (Å²) >= 11 is 0. The van der Waals surface area contributed by atoms with Crippen LogP contribution in [0.1, 0.15) is 21.7 Å². The van der Waals surface area contributed by atoms with Crippen molar-refractivity contribution in [3.05, 3.63) is 63.7 Å². The molecule has 3 aromatic rings. The van der Waals surface area contributed by atoms with Crippen LogP contribution in [0.5, 0.6) is 0 Å². The van der Waals surface area contributed by atoms with Gasteiger partial charge in [0, 0.05) is 37.8 Å². The number of rotatable bonds is 3. The summed E-state index contributed by atoms with van der Waals surface area (Å²) in [5.41, 5.74) is 2.77. The molecular formula is C19H20N6O2. The van der Waals surface area contributed by atoms with Crippen LogP contribution < -0.4 is 10.5 Å². The lowest BCUT2D eigenvalue weighted by Crippen LogP contribution is -2.37. The Morgan fingerprint density at radius 2 is 1.93 bits per heavy atom. The molecule has 0 unspecified atom stereocenters. The van der Waals surface area contributed by atoms with E-state index in [4.69, 9.17) is 9.97 Å². The van der Waals surface area contributed by atoms with E-state index >= 15 is 0 Å². The van der Waals surface area contributed by atoms with E-state index in [-0.39, 0.29) is 17.2 Å². The summed E-state index contributed by atoms with van der Waals surface area (Å²) in [6.45, 7) is 0.929. The average Bonchev–Trinajstić information content (AvgIpc) is 3.13. The molecule has 1 aromatic carbocycles. The van der Waals surface area contributed by atoms with E-state index in [1.165, 1.54) is 6.07 Å². The van der Waals surface area contributed by atoms with Gasteiger partial charge in [-0.2, -0.15) is 0 Å². The standard InChI is InChI=1S/C19H20N6O2/c1-24(2)18-13-8-9-25(19(27)14-10-16(26)23-22-14)11-15(13)20-17(21-18)12-6-4-3-5-7-12/h3-7,10H,8-9,11H2,1-2H3,(H2,22,23,26). The van der Waals surface area contributed by atoms with Crippen LogP contribution in [0.25, 0.3) is 11.4 Å². The van der Waals surface area contributed by atoms with E-state index in [1.54, 1.807) is 4.90 Å². The fraction of sp³-hybridized carbons (Fsp3) is 0.263. The van der Waals surface area contributed by atoms with Crippen molar-refractivity contribution in [1.82, 2.24) is 25.1 Å². The summed E-state index contributed by atoms with van der Waals surface area (Å²) in [6.07, 6.45) is 0.665. The van der Waals surface area contributed by atoms with E-state index in [0.717, 1.165) is 22.6 Å². The number of benzene rings is 1. The highest BCUT2D eigenvalue weighted by atomic mass is 16.2. The normalized spacial score (nSPS) is 13.3. The SMILES string of the molecule is CN(C)c1nc(-c2ccccc2)nc2c1CCN(C(=O)c1cc(=O)[nH][nH]1)C2. The number of aromatic nitrogens is 4. The molecule has 0 saturated heterocycles. The minimum atomic E-state index is -0.320. The molecule has 0 bridgehead atoms. The molecular weight excluding hydrogens is 344 g/mol. The molecule has 1 aliphatic heterocycles. The third-order valence-corrected chi connectivity index (χ3v) is 4.61. The molecule has 1 amide bonds. The van der Waals surface area contributed by atoms with E-state index in [2.05, 4.69) is 10.2 Å². The van der Waals surface area contributed by atoms with Crippen molar-refractivity contribution < 1.29 is 4.79 Å². The fourth-order valence-corrected chi connectivity index (χ4v) is 3.29. The molecule has 2 N–H and O–H groups in total. The molecule has 1 aliphatic rings. The molecule has 0 spiro atoms. The first kappa shape index (κ1) is 17.0. The lowest BCUT2D eigenvalue weighted by molar-refractivity contribution is 0.0726. The Kier molecular flexibility index (Phi) is 4.23. The molecule has 0 atom stereocenters. The molecule has 0 aliphatic carbocycles. The van der Waals surface area contributed by atoms with Crippen LogP contribution in [-0.2, 0) is 13.0 Å². The van der Waals surface area contributed by atoms with Crippen LogP contribution in [0.15, 0.2) is 41.2 Å². The Hall–Kier alpha value is -3.42. The minimum absolute atomic E-state index is 0.217. The van der Waals surface area contributed by atoms with Gasteiger partial charge in [0.1, 0.15) is 11.5 Å². The lowest BCUT2D eigenvalue weighted by Gasteiger charge is -2.30. The second-order valence-corrected chi connectivity index (χ2v) is 6.71. The quantitative estimate of drug-likeness (QED) is 0.733. The number of fused-ring (bicyclic) bond motifs is 1. The number of anilines is 1. The molecule has 27 heavy (non-hydrogen) atoms. The van der Waals surface area contributed by atoms with Crippen LogP contribution in [0.2, 0.25) is 0 Å². The van der Waals surface area contributed by atoms with Gasteiger partial charge in [-0.15, -0.1) is 0 Å². The predicted octanol–water partition coefficient (Wildman–Crippen LogP) is 1.42. The summed E-state index contributed by atoms with van der Waals surface area (Å²) in [5.74, 6) is 1.30. The number of nitrogens with zero attached hydrogens (tertiary/aromatic N) is 4. The first-order valence-corrected chi connectivity index (χ1v) is 8.72. The van der Waals surface area contributed by atoms with Crippen molar-refractivity contribution in [2.45, 2.75) is 13.0 Å². The number of H-pyrrole nitrogens is 2. The second kappa shape index (κ2) is 6.71. The van der Waals surface area contributed by atoms with Gasteiger partial charge < -0.3 is 9.80 Å². The van der Waals surface area contributed by atoms with Gasteiger partial charge in [0.2, 0.25) is 0 Å². The van der Waals surface area contributed by atoms with Gasteiger partial charge in [-0.1, -0.05) is 30.3 Å². The monoisotopic (exact) mass is 364 g/mol. The molecule has 4 rings (SSSR count). The fourth-order valence-electron chi connectivity index (χ4n) is 3.29. The summed E-state index contributed by atoms with van der Waals surface area (Å²) < 4.78 is 0. The largest absolute Gasteiger partial charge is 0.362 e. The van der Waals surface area contributed by atoms with E-state index in [0.29, 0.717) is 25.3 Å². The van der Waals surface area contributed by atoms with Crippen molar-refractivity contribution in [3.8, 4) is 11.4 Å². The van der Waals surface area contributed by atoms with E-state index in [9.17, 15) is 9.59 Å². The number of hydrogen-bond acceptors (Lipinski definition) is 5. The maximum Gasteiger partial charge on any atom is 0.272 e. The van der Waals surface area contributed by atoms with Crippen LogP contribution in [0.3, 0.4) is 0 Å². The van der Waals surface area contributed by atoms with Crippen LogP contribution in [0, 0.1) is 0 Å². The van der Waals surface area contributed by atoms with Crippen molar-refractivity contribution in [2.24, 2.45) is 0 Å². The van der Waals surface area contributed by atoms with Crippen LogP contribution >= 0.6 is 0 Å². The second-order valence-electron chi connectivity index (χ2n) is 6.71. The maximum absolute atomic E-state index is 12.7. The first-order chi connectivity index (χ1) is 13.0. The Balaban J connectivity index is 1.72. The van der Waals surface area contributed by atoms with Crippen LogP contribution in [0.4, 0.5) is 5.82 Å². The van der Waals surface area contributed by atoms with Gasteiger partial charge in [-0.25, -0.2) is 9.97 Å². The van der Waals surface area contributed by atoms with E-state index < -0.39 is 0 Å². The van der Waals surface area contributed by atoms with Crippen molar-refractivity contribution in [1.29, 1.82) is 0 Å². The topological polar surface area (TPSA) is 98.0 Å². The van der Waals surface area contributed by atoms with Crippen molar-refractivity contribution in [2.75, 3.05) is 25.5 Å². The Morgan fingerprint density at radius 1 is 1.15 bits per heavy atom. The molecule has 8 heteroatoms. The zero-order valence-corrected chi connectivity index (χ0v) is 15.2. The van der Waals surface area contributed by atoms with Gasteiger partial charge in [0.25, 0.3) is 11.5 Å². The Bertz CT molecular complexity index is 1040. The molecule has 2 aromatic heterocycles. The molecule has 138 valence electrons. The highest BCUT2D eigenvalue weighted by molar-refractivity contribution is 5.92. The third-order valence-electron chi connectivity index (χ3n) is 4.61. The van der Waals surface area contributed by atoms with E-state index in [1.807, 2.05) is 49.3 Å². The number of carbonyl (C=O) groups excluding carboxylic acids is 1. The van der Waals surface area contributed by atoms with Gasteiger partial charge >= 0.3 is 0 Å². The van der Waals surface area contributed by atoms with Crippen molar-refractivity contribution in [3.63, 3.8) is 0 Å². The minimum Gasteiger partial charge on any atom is -0.362 e. The summed E-state index contributed by atoms with van der Waals surface area (Å²) in [7, 11) is 3.92. The van der Waals surface area contributed by atoms with Gasteiger partial charge in [0.15, 0.2) is 5.82 Å². The zero-order valence-electron chi connectivity index (χ0n) is 15.2. The lowest BCUT2D eigenvalue weighted by atomic mass is 10.0. The molecule has 0 fully saturated rings. The highest BCUT2D eigenvalue weighted by Gasteiger charge is 2.27. The summed E-state index contributed by atoms with van der Waals surface area (Å²) in [6, 6.07) is 11.1. The first-order valence-electron chi connectivity index (χ1n) is 8.72. The summed E-state index contributed by atoms with van der Waals surface area (Å²) in [5, 5.41) is 5.03. The van der Waals surface area contributed by atoms with Crippen molar-refractivity contribution >= 4 is 11.7 Å². The predicted molar refractivity (Wildman–Crippen MR) is 102 cm³/mol. The molecule has 0 radical (unpaired) electrons. The highest BCUT2D eigenvalue weighted by Crippen LogP contribution is 2.28. The number of nitrogens with one attached hydrogen (secondary N) is 2.